The van der Waals surface area contributed by atoms with E-state index in [1.807, 2.05) is 0 Å². The Morgan fingerprint density at radius 1 is 0.794 bits per heavy atom. The zero-order chi connectivity index (χ0) is 23.8. The van der Waals surface area contributed by atoms with Crippen LogP contribution < -0.4 is 20.0 Å². The van der Waals surface area contributed by atoms with E-state index in [4.69, 9.17) is 8.92 Å². The van der Waals surface area contributed by atoms with Gasteiger partial charge in [0.2, 0.25) is 0 Å². The second kappa shape index (κ2) is 9.65. The third-order valence-electron chi connectivity index (χ3n) is 5.35. The number of methoxy groups -OCH3 is 1. The Labute approximate surface area is 200 Å². The zero-order valence-corrected chi connectivity index (χ0v) is 20.1. The Balaban J connectivity index is 0.00000324. The van der Waals surface area contributed by atoms with Crippen LogP contribution in [0.3, 0.4) is 0 Å². The van der Waals surface area contributed by atoms with Gasteiger partial charge in [-0.2, -0.15) is 8.42 Å². The molecule has 0 aliphatic carbocycles. The van der Waals surface area contributed by atoms with Gasteiger partial charge in [0.25, 0.3) is 11.1 Å². The quantitative estimate of drug-likeness (QED) is 0.283. The van der Waals surface area contributed by atoms with E-state index in [1.165, 1.54) is 25.3 Å². The second-order valence-corrected chi connectivity index (χ2v) is 8.98. The van der Waals surface area contributed by atoms with Crippen LogP contribution >= 0.6 is 12.4 Å². The summed E-state index contributed by atoms with van der Waals surface area (Å²) in [6, 6.07) is 12.3. The molecule has 34 heavy (non-hydrogen) atoms. The first kappa shape index (κ1) is 24.9. The summed E-state index contributed by atoms with van der Waals surface area (Å²) < 4.78 is 36.0. The molecule has 0 atom stereocenters. The van der Waals surface area contributed by atoms with Gasteiger partial charge >= 0.3 is 10.1 Å². The predicted molar refractivity (Wildman–Crippen MR) is 128 cm³/mol. The van der Waals surface area contributed by atoms with E-state index in [0.29, 0.717) is 28.1 Å². The molecule has 0 saturated heterocycles. The lowest BCUT2D eigenvalue weighted by molar-refractivity contribution is 0.390. The SMILES string of the molecule is COc1cc(C(c2c(C)[nH][nH]c2=O)c2c(C)[nH][nH]c2=O)ccc1OS(=O)(=O)c1ccccc1.Cl. The highest BCUT2D eigenvalue weighted by Gasteiger charge is 2.29. The average Bonchev–Trinajstić information content (AvgIpc) is 3.31. The number of H-pyrrole nitrogens is 4. The first-order chi connectivity index (χ1) is 15.7. The van der Waals surface area contributed by atoms with Gasteiger partial charge in [-0.25, -0.2) is 0 Å². The lowest BCUT2D eigenvalue weighted by Crippen LogP contribution is -2.20. The van der Waals surface area contributed by atoms with Crippen LogP contribution in [-0.2, 0) is 10.1 Å². The topological polar surface area (TPSA) is 150 Å². The number of aromatic nitrogens is 4. The van der Waals surface area contributed by atoms with Crippen molar-refractivity contribution in [2.75, 3.05) is 7.11 Å². The number of nitrogens with one attached hydrogen (secondary N) is 4. The fourth-order valence-corrected chi connectivity index (χ4v) is 4.73. The Hall–Kier alpha value is -3.70. The summed E-state index contributed by atoms with van der Waals surface area (Å²) in [4.78, 5) is 25.2. The molecule has 10 nitrogen and oxygen atoms in total. The van der Waals surface area contributed by atoms with Crippen molar-refractivity contribution in [2.45, 2.75) is 24.7 Å². The molecular formula is C22H23ClN4O6S. The number of rotatable bonds is 7. The van der Waals surface area contributed by atoms with Crippen molar-refractivity contribution in [3.8, 4) is 11.5 Å². The Morgan fingerprint density at radius 3 is 1.82 bits per heavy atom. The molecule has 0 fully saturated rings. The maximum atomic E-state index is 12.7. The Morgan fingerprint density at radius 2 is 1.35 bits per heavy atom. The summed E-state index contributed by atoms with van der Waals surface area (Å²) in [5.41, 5.74) is 1.64. The van der Waals surface area contributed by atoms with Crippen molar-refractivity contribution in [3.05, 3.63) is 97.3 Å². The monoisotopic (exact) mass is 506 g/mol. The highest BCUT2D eigenvalue weighted by Crippen LogP contribution is 2.37. The first-order valence-electron chi connectivity index (χ1n) is 9.94. The third kappa shape index (κ3) is 4.52. The van der Waals surface area contributed by atoms with Crippen LogP contribution in [0.5, 0.6) is 11.5 Å². The lowest BCUT2D eigenvalue weighted by Gasteiger charge is -2.18. The molecule has 4 N–H and O–H groups in total. The van der Waals surface area contributed by atoms with Gasteiger partial charge in [-0.1, -0.05) is 24.3 Å². The van der Waals surface area contributed by atoms with Gasteiger partial charge in [-0.05, 0) is 43.7 Å². The lowest BCUT2D eigenvalue weighted by atomic mass is 9.85. The highest BCUT2D eigenvalue weighted by molar-refractivity contribution is 7.87. The van der Waals surface area contributed by atoms with Crippen LogP contribution in [-0.4, -0.2) is 35.9 Å². The minimum Gasteiger partial charge on any atom is -0.493 e. The van der Waals surface area contributed by atoms with E-state index in [-0.39, 0.29) is 39.9 Å². The maximum absolute atomic E-state index is 12.7. The molecule has 0 radical (unpaired) electrons. The molecule has 0 aliphatic rings. The number of halogens is 1. The highest BCUT2D eigenvalue weighted by atomic mass is 35.5. The van der Waals surface area contributed by atoms with Crippen molar-refractivity contribution >= 4 is 22.5 Å². The van der Waals surface area contributed by atoms with Gasteiger partial charge in [0, 0.05) is 17.3 Å². The molecule has 4 rings (SSSR count). The molecule has 2 heterocycles. The molecule has 12 heteroatoms. The van der Waals surface area contributed by atoms with Crippen LogP contribution in [0, 0.1) is 13.8 Å². The largest absolute Gasteiger partial charge is 0.493 e. The molecule has 4 aromatic rings. The van der Waals surface area contributed by atoms with Gasteiger partial charge in [0.15, 0.2) is 11.5 Å². The molecule has 0 bridgehead atoms. The minimum absolute atomic E-state index is 0. The smallest absolute Gasteiger partial charge is 0.339 e. The summed E-state index contributed by atoms with van der Waals surface area (Å²) in [6.07, 6.45) is 0. The average molecular weight is 507 g/mol. The van der Waals surface area contributed by atoms with Gasteiger partial charge in [0.1, 0.15) is 4.90 Å². The van der Waals surface area contributed by atoms with E-state index in [1.54, 1.807) is 44.2 Å². The summed E-state index contributed by atoms with van der Waals surface area (Å²) in [6.45, 7) is 3.44. The number of aromatic amines is 4. The summed E-state index contributed by atoms with van der Waals surface area (Å²) in [5.74, 6) is -0.641. The van der Waals surface area contributed by atoms with E-state index >= 15 is 0 Å². The molecule has 2 aromatic carbocycles. The van der Waals surface area contributed by atoms with E-state index in [0.717, 1.165) is 0 Å². The second-order valence-electron chi connectivity index (χ2n) is 7.43. The molecule has 0 unspecified atom stereocenters. The van der Waals surface area contributed by atoms with Crippen molar-refractivity contribution in [1.29, 1.82) is 0 Å². The molecule has 0 saturated carbocycles. The van der Waals surface area contributed by atoms with Crippen LogP contribution in [0.25, 0.3) is 0 Å². The number of hydrogen-bond acceptors (Lipinski definition) is 6. The standard InChI is InChI=1S/C22H22N4O6S.ClH/c1-12-18(21(27)25-23-12)20(19-13(2)24-26-22(19)28)14-9-10-16(17(11-14)31-3)32-33(29,30)15-7-5-4-6-8-15;/h4-11,20H,1-3H3,(H2,23,25,27)(H2,24,26,28);1H. The first-order valence-corrected chi connectivity index (χ1v) is 11.4. The number of aryl methyl sites for hydroxylation is 2. The van der Waals surface area contributed by atoms with Gasteiger partial charge in [-0.3, -0.25) is 19.8 Å². The van der Waals surface area contributed by atoms with Crippen molar-refractivity contribution in [1.82, 2.24) is 20.4 Å². The molecule has 0 spiro atoms. The van der Waals surface area contributed by atoms with Gasteiger partial charge in [0.05, 0.1) is 18.2 Å². The van der Waals surface area contributed by atoms with Crippen LogP contribution in [0.4, 0.5) is 0 Å². The fourth-order valence-electron chi connectivity index (χ4n) is 3.77. The fraction of sp³-hybridized carbons (Fsp3) is 0.182. The normalized spacial score (nSPS) is 11.3. The summed E-state index contributed by atoms with van der Waals surface area (Å²) in [7, 11) is -2.72. The van der Waals surface area contributed by atoms with Crippen LogP contribution in [0.2, 0.25) is 0 Å². The van der Waals surface area contributed by atoms with Crippen molar-refractivity contribution < 1.29 is 17.3 Å². The van der Waals surface area contributed by atoms with Crippen LogP contribution in [0.1, 0.15) is 34.0 Å². The summed E-state index contributed by atoms with van der Waals surface area (Å²) in [5, 5.41) is 10.6. The third-order valence-corrected chi connectivity index (χ3v) is 6.60. The molecule has 0 amide bonds. The number of benzene rings is 2. The van der Waals surface area contributed by atoms with Gasteiger partial charge < -0.3 is 19.1 Å². The summed E-state index contributed by atoms with van der Waals surface area (Å²) >= 11 is 0. The van der Waals surface area contributed by atoms with Crippen molar-refractivity contribution in [3.63, 3.8) is 0 Å². The molecule has 180 valence electrons. The Kier molecular flexibility index (Phi) is 7.08. The molecular weight excluding hydrogens is 484 g/mol. The van der Waals surface area contributed by atoms with Gasteiger partial charge in [-0.15, -0.1) is 12.4 Å². The number of hydrogen-bond donors (Lipinski definition) is 4. The predicted octanol–water partition coefficient (Wildman–Crippen LogP) is 2.71. The molecule has 2 aromatic heterocycles. The number of ether oxygens (including phenoxy) is 1. The van der Waals surface area contributed by atoms with E-state index < -0.39 is 16.0 Å². The van der Waals surface area contributed by atoms with Crippen molar-refractivity contribution in [2.24, 2.45) is 0 Å². The molecule has 0 aliphatic heterocycles. The van der Waals surface area contributed by atoms with E-state index in [2.05, 4.69) is 20.4 Å². The van der Waals surface area contributed by atoms with Crippen LogP contribution in [0.15, 0.2) is 63.0 Å². The zero-order valence-electron chi connectivity index (χ0n) is 18.5. The minimum atomic E-state index is -4.09. The Bertz CT molecular complexity index is 1460. The van der Waals surface area contributed by atoms with E-state index in [9.17, 15) is 18.0 Å². The maximum Gasteiger partial charge on any atom is 0.339 e.